The molecule has 0 aliphatic rings. The highest BCUT2D eigenvalue weighted by molar-refractivity contribution is 7.99. The van der Waals surface area contributed by atoms with E-state index in [0.717, 1.165) is 17.9 Å². The fraction of sp³-hybridized carbons (Fsp3) is 0.333. The average Bonchev–Trinajstić information content (AvgIpc) is 2.99. The van der Waals surface area contributed by atoms with Crippen LogP contribution in [0.3, 0.4) is 0 Å². The number of rotatable bonds is 8. The van der Waals surface area contributed by atoms with Gasteiger partial charge in [0.1, 0.15) is 5.82 Å². The highest BCUT2D eigenvalue weighted by Gasteiger charge is 2.02. The van der Waals surface area contributed by atoms with Gasteiger partial charge in [0.15, 0.2) is 0 Å². The van der Waals surface area contributed by atoms with E-state index < -0.39 is 0 Å². The molecule has 1 aromatic carbocycles. The van der Waals surface area contributed by atoms with Crippen LogP contribution in [-0.2, 0) is 11.3 Å². The smallest absolute Gasteiger partial charge is 0.220 e. The van der Waals surface area contributed by atoms with Crippen molar-refractivity contribution in [2.75, 3.05) is 12.3 Å². The van der Waals surface area contributed by atoms with Crippen molar-refractivity contribution in [1.82, 2.24) is 14.9 Å². The molecule has 0 fully saturated rings. The highest BCUT2D eigenvalue weighted by Crippen LogP contribution is 2.18. The third kappa shape index (κ3) is 5.99. The quantitative estimate of drug-likeness (QED) is 0.602. The zero-order valence-electron chi connectivity index (χ0n) is 11.7. The normalized spacial score (nSPS) is 10.5. The van der Waals surface area contributed by atoms with Crippen LogP contribution in [0.15, 0.2) is 47.9 Å². The number of nitrogens with zero attached hydrogens (tertiary/aromatic N) is 2. The Bertz CT molecular complexity index is 543. The number of carbonyl (C=O) groups excluding carboxylic acids is 1. The van der Waals surface area contributed by atoms with Crippen molar-refractivity contribution in [2.45, 2.75) is 24.3 Å². The van der Waals surface area contributed by atoms with Crippen molar-refractivity contribution in [3.05, 3.63) is 48.8 Å². The van der Waals surface area contributed by atoms with Gasteiger partial charge in [0.2, 0.25) is 5.91 Å². The van der Waals surface area contributed by atoms with Crippen LogP contribution in [0.5, 0.6) is 0 Å². The molecule has 0 atom stereocenters. The Labute approximate surface area is 127 Å². The maximum Gasteiger partial charge on any atom is 0.220 e. The summed E-state index contributed by atoms with van der Waals surface area (Å²) in [5.74, 6) is 0.504. The second-order valence-corrected chi connectivity index (χ2v) is 5.72. The third-order valence-corrected chi connectivity index (χ3v) is 3.90. The number of thioether (sulfide) groups is 1. The number of aryl methyl sites for hydroxylation is 1. The van der Waals surface area contributed by atoms with Gasteiger partial charge in [-0.25, -0.2) is 9.37 Å². The van der Waals surface area contributed by atoms with E-state index in [4.69, 9.17) is 0 Å². The number of aromatic nitrogens is 2. The minimum absolute atomic E-state index is 0.0512. The van der Waals surface area contributed by atoms with Crippen LogP contribution in [-0.4, -0.2) is 27.8 Å². The molecule has 0 bridgehead atoms. The molecule has 1 amide bonds. The molecule has 0 aliphatic carbocycles. The van der Waals surface area contributed by atoms with Crippen LogP contribution in [0.1, 0.15) is 12.8 Å². The van der Waals surface area contributed by atoms with E-state index in [1.807, 2.05) is 10.8 Å². The predicted molar refractivity (Wildman–Crippen MR) is 81.6 cm³/mol. The van der Waals surface area contributed by atoms with Crippen LogP contribution < -0.4 is 5.32 Å². The first kappa shape index (κ1) is 15.6. The Balaban J connectivity index is 1.54. The number of imidazole rings is 1. The van der Waals surface area contributed by atoms with Crippen molar-refractivity contribution >= 4 is 17.7 Å². The molecule has 1 N–H and O–H groups in total. The zero-order valence-corrected chi connectivity index (χ0v) is 12.5. The van der Waals surface area contributed by atoms with Gasteiger partial charge >= 0.3 is 0 Å². The number of hydrogen-bond donors (Lipinski definition) is 1. The summed E-state index contributed by atoms with van der Waals surface area (Å²) in [5, 5.41) is 2.89. The fourth-order valence-corrected chi connectivity index (χ4v) is 2.64. The Kier molecular flexibility index (Phi) is 6.27. The maximum atomic E-state index is 12.7. The standard InChI is InChI=1S/C15H18FN3OS/c16-13-2-4-14(5-3-13)21-11-6-15(20)18-7-1-9-19-10-8-17-12-19/h2-5,8,10,12H,1,6-7,9,11H2,(H,18,20). The van der Waals surface area contributed by atoms with E-state index in [9.17, 15) is 9.18 Å². The van der Waals surface area contributed by atoms with Crippen LogP contribution in [0.4, 0.5) is 4.39 Å². The first-order valence-electron chi connectivity index (χ1n) is 6.85. The molecule has 0 radical (unpaired) electrons. The summed E-state index contributed by atoms with van der Waals surface area (Å²) in [6, 6.07) is 6.31. The summed E-state index contributed by atoms with van der Waals surface area (Å²) in [5.41, 5.74) is 0. The van der Waals surface area contributed by atoms with Crippen molar-refractivity contribution in [1.29, 1.82) is 0 Å². The predicted octanol–water partition coefficient (Wildman–Crippen LogP) is 2.71. The van der Waals surface area contributed by atoms with Crippen LogP contribution in [0.25, 0.3) is 0 Å². The summed E-state index contributed by atoms with van der Waals surface area (Å²) in [7, 11) is 0. The van der Waals surface area contributed by atoms with Gasteiger partial charge < -0.3 is 9.88 Å². The molecule has 0 unspecified atom stereocenters. The third-order valence-electron chi connectivity index (χ3n) is 2.89. The summed E-state index contributed by atoms with van der Waals surface area (Å²) in [4.78, 5) is 16.6. The number of nitrogens with one attached hydrogen (secondary N) is 1. The molecule has 2 rings (SSSR count). The second-order valence-electron chi connectivity index (χ2n) is 4.56. The van der Waals surface area contributed by atoms with E-state index in [1.165, 1.54) is 12.1 Å². The van der Waals surface area contributed by atoms with Gasteiger partial charge in [-0.1, -0.05) is 0 Å². The molecule has 21 heavy (non-hydrogen) atoms. The molecule has 2 aromatic rings. The topological polar surface area (TPSA) is 46.9 Å². The molecule has 0 spiro atoms. The van der Waals surface area contributed by atoms with Gasteiger partial charge in [-0.05, 0) is 30.7 Å². The highest BCUT2D eigenvalue weighted by atomic mass is 32.2. The largest absolute Gasteiger partial charge is 0.356 e. The first-order valence-corrected chi connectivity index (χ1v) is 7.83. The van der Waals surface area contributed by atoms with Crippen molar-refractivity contribution in [3.63, 3.8) is 0 Å². The lowest BCUT2D eigenvalue weighted by Crippen LogP contribution is -2.25. The van der Waals surface area contributed by atoms with E-state index in [2.05, 4.69) is 10.3 Å². The molecule has 1 aromatic heterocycles. The second kappa shape index (κ2) is 8.46. The molecular weight excluding hydrogens is 289 g/mol. The van der Waals surface area contributed by atoms with Crippen molar-refractivity contribution in [2.24, 2.45) is 0 Å². The average molecular weight is 307 g/mol. The van der Waals surface area contributed by atoms with E-state index in [-0.39, 0.29) is 11.7 Å². The van der Waals surface area contributed by atoms with Crippen molar-refractivity contribution in [3.8, 4) is 0 Å². The summed E-state index contributed by atoms with van der Waals surface area (Å²) in [6.45, 7) is 1.52. The Morgan fingerprint density at radius 2 is 2.14 bits per heavy atom. The van der Waals surface area contributed by atoms with Gasteiger partial charge in [0.25, 0.3) is 0 Å². The summed E-state index contributed by atoms with van der Waals surface area (Å²) >= 11 is 1.55. The number of halogens is 1. The molecule has 0 saturated heterocycles. The number of hydrogen-bond acceptors (Lipinski definition) is 3. The van der Waals surface area contributed by atoms with Gasteiger partial charge in [0, 0.05) is 42.6 Å². The maximum absolute atomic E-state index is 12.7. The SMILES string of the molecule is O=C(CCSc1ccc(F)cc1)NCCCn1ccnc1. The Hall–Kier alpha value is -1.82. The number of carbonyl (C=O) groups is 1. The fourth-order valence-electron chi connectivity index (χ4n) is 1.79. The van der Waals surface area contributed by atoms with E-state index in [0.29, 0.717) is 18.7 Å². The van der Waals surface area contributed by atoms with E-state index in [1.54, 1.807) is 36.4 Å². The van der Waals surface area contributed by atoms with Crippen molar-refractivity contribution < 1.29 is 9.18 Å². The number of benzene rings is 1. The minimum Gasteiger partial charge on any atom is -0.356 e. The summed E-state index contributed by atoms with van der Waals surface area (Å²) < 4.78 is 14.7. The number of amides is 1. The Morgan fingerprint density at radius 1 is 1.33 bits per heavy atom. The lowest BCUT2D eigenvalue weighted by molar-refractivity contribution is -0.120. The lowest BCUT2D eigenvalue weighted by Gasteiger charge is -2.06. The van der Waals surface area contributed by atoms with E-state index >= 15 is 0 Å². The molecule has 4 nitrogen and oxygen atoms in total. The molecule has 112 valence electrons. The molecule has 6 heteroatoms. The van der Waals surface area contributed by atoms with Gasteiger partial charge in [-0.15, -0.1) is 11.8 Å². The van der Waals surface area contributed by atoms with Gasteiger partial charge in [-0.3, -0.25) is 4.79 Å². The van der Waals surface area contributed by atoms with Gasteiger partial charge in [0.05, 0.1) is 6.33 Å². The molecule has 1 heterocycles. The Morgan fingerprint density at radius 3 is 2.86 bits per heavy atom. The van der Waals surface area contributed by atoms with Crippen LogP contribution >= 0.6 is 11.8 Å². The van der Waals surface area contributed by atoms with Crippen LogP contribution in [0, 0.1) is 5.82 Å². The first-order chi connectivity index (χ1) is 10.2. The molecule has 0 saturated carbocycles. The summed E-state index contributed by atoms with van der Waals surface area (Å²) in [6.07, 6.45) is 6.76. The minimum atomic E-state index is -0.241. The van der Waals surface area contributed by atoms with Gasteiger partial charge in [-0.2, -0.15) is 0 Å². The zero-order chi connectivity index (χ0) is 14.9. The lowest BCUT2D eigenvalue weighted by atomic mass is 10.3. The molecule has 0 aliphatic heterocycles. The van der Waals surface area contributed by atoms with Crippen LogP contribution in [0.2, 0.25) is 0 Å². The monoisotopic (exact) mass is 307 g/mol. The molecular formula is C15H18FN3OS.